The van der Waals surface area contributed by atoms with E-state index in [1.165, 1.54) is 0 Å². The van der Waals surface area contributed by atoms with E-state index in [-0.39, 0.29) is 12.4 Å². The van der Waals surface area contributed by atoms with Gasteiger partial charge >= 0.3 is 0 Å². The van der Waals surface area contributed by atoms with E-state index in [4.69, 9.17) is 5.73 Å². The Balaban J connectivity index is 0.00000180. The predicted octanol–water partition coefficient (Wildman–Crippen LogP) is 1.80. The molecule has 104 valence electrons. The Morgan fingerprint density at radius 3 is 2.74 bits per heavy atom. The second-order valence-corrected chi connectivity index (χ2v) is 5.71. The summed E-state index contributed by atoms with van der Waals surface area (Å²) in [5.41, 5.74) is 5.62. The number of aryl methyl sites for hydroxylation is 1. The Hall–Kier alpha value is -0.960. The van der Waals surface area contributed by atoms with Crippen molar-refractivity contribution in [2.45, 2.75) is 30.9 Å². The summed E-state index contributed by atoms with van der Waals surface area (Å²) in [7, 11) is 0. The normalized spacial score (nSPS) is 10.2. The Labute approximate surface area is 125 Å². The average Bonchev–Trinajstić information content (AvgIpc) is 2.94. The van der Waals surface area contributed by atoms with Crippen LogP contribution in [0.1, 0.15) is 15.8 Å². The number of halogens is 1. The fourth-order valence-corrected chi connectivity index (χ4v) is 3.07. The summed E-state index contributed by atoms with van der Waals surface area (Å²) in [6.45, 7) is 6.71. The fourth-order valence-electron chi connectivity index (χ4n) is 1.41. The summed E-state index contributed by atoms with van der Waals surface area (Å²) in [6, 6.07) is 0. The molecule has 2 rings (SSSR count). The molecule has 0 unspecified atom stereocenters. The van der Waals surface area contributed by atoms with Gasteiger partial charge in [0.1, 0.15) is 15.8 Å². The van der Waals surface area contributed by atoms with Gasteiger partial charge in [0.15, 0.2) is 5.16 Å². The molecule has 0 amide bonds. The molecule has 0 aliphatic carbocycles. The molecule has 0 atom stereocenters. The second-order valence-electron chi connectivity index (χ2n) is 3.51. The molecule has 9 heteroatoms. The third kappa shape index (κ3) is 4.00. The van der Waals surface area contributed by atoms with E-state index in [0.717, 1.165) is 26.7 Å². The van der Waals surface area contributed by atoms with Gasteiger partial charge in [-0.15, -0.1) is 50.7 Å². The van der Waals surface area contributed by atoms with E-state index in [2.05, 4.69) is 27.0 Å². The van der Waals surface area contributed by atoms with E-state index in [0.29, 0.717) is 13.1 Å². The van der Waals surface area contributed by atoms with Crippen molar-refractivity contribution < 1.29 is 0 Å². The maximum Gasteiger partial charge on any atom is 0.191 e. The summed E-state index contributed by atoms with van der Waals surface area (Å²) < 4.78 is 1.96. The minimum absolute atomic E-state index is 0. The zero-order chi connectivity index (χ0) is 13.0. The molecule has 2 N–H and O–H groups in total. The summed E-state index contributed by atoms with van der Waals surface area (Å²) >= 11 is 3.18. The van der Waals surface area contributed by atoms with Crippen LogP contribution in [0, 0.1) is 6.92 Å². The standard InChI is InChI=1S/C10H14N6S2.ClH/c1-3-4-16-8(5-11)13-15-10(16)17-6-9-14-12-7(2)18-9;/h3H,1,4-6,11H2,2H3;1H. The van der Waals surface area contributed by atoms with Crippen molar-refractivity contribution in [3.05, 3.63) is 28.5 Å². The lowest BCUT2D eigenvalue weighted by Gasteiger charge is -2.04. The lowest BCUT2D eigenvalue weighted by Crippen LogP contribution is -2.08. The monoisotopic (exact) mass is 318 g/mol. The van der Waals surface area contributed by atoms with Crippen molar-refractivity contribution in [3.63, 3.8) is 0 Å². The highest BCUT2D eigenvalue weighted by atomic mass is 35.5. The van der Waals surface area contributed by atoms with Gasteiger partial charge in [0.25, 0.3) is 0 Å². The van der Waals surface area contributed by atoms with Crippen LogP contribution in [-0.2, 0) is 18.8 Å². The number of allylic oxidation sites excluding steroid dienone is 1. The van der Waals surface area contributed by atoms with E-state index in [1.54, 1.807) is 23.1 Å². The van der Waals surface area contributed by atoms with Crippen molar-refractivity contribution in [1.82, 2.24) is 25.0 Å². The molecule has 0 saturated carbocycles. The lowest BCUT2D eigenvalue weighted by atomic mass is 10.5. The minimum Gasteiger partial charge on any atom is -0.324 e. The van der Waals surface area contributed by atoms with Crippen LogP contribution >= 0.6 is 35.5 Å². The molecule has 0 aliphatic heterocycles. The van der Waals surface area contributed by atoms with Crippen LogP contribution in [0.15, 0.2) is 17.8 Å². The van der Waals surface area contributed by atoms with Crippen LogP contribution < -0.4 is 5.73 Å². The van der Waals surface area contributed by atoms with Crippen LogP contribution in [0.2, 0.25) is 0 Å². The van der Waals surface area contributed by atoms with Crippen LogP contribution in [0.25, 0.3) is 0 Å². The van der Waals surface area contributed by atoms with Gasteiger partial charge in [-0.05, 0) is 6.92 Å². The van der Waals surface area contributed by atoms with Gasteiger partial charge < -0.3 is 10.3 Å². The molecule has 0 aromatic carbocycles. The maximum absolute atomic E-state index is 5.62. The van der Waals surface area contributed by atoms with Gasteiger partial charge in [-0.3, -0.25) is 0 Å². The highest BCUT2D eigenvalue weighted by molar-refractivity contribution is 7.98. The number of hydrogen-bond donors (Lipinski definition) is 1. The van der Waals surface area contributed by atoms with E-state index < -0.39 is 0 Å². The number of thioether (sulfide) groups is 1. The average molecular weight is 319 g/mol. The Bertz CT molecular complexity index is 538. The summed E-state index contributed by atoms with van der Waals surface area (Å²) in [6.07, 6.45) is 1.81. The van der Waals surface area contributed by atoms with Crippen molar-refractivity contribution in [1.29, 1.82) is 0 Å². The molecule has 0 bridgehead atoms. The first-order chi connectivity index (χ1) is 8.74. The lowest BCUT2D eigenvalue weighted by molar-refractivity contribution is 0.680. The topological polar surface area (TPSA) is 82.5 Å². The third-order valence-corrected chi connectivity index (χ3v) is 4.18. The smallest absolute Gasteiger partial charge is 0.191 e. The number of rotatable bonds is 6. The van der Waals surface area contributed by atoms with Crippen molar-refractivity contribution in [3.8, 4) is 0 Å². The second kappa shape index (κ2) is 7.59. The number of nitrogens with zero attached hydrogens (tertiary/aromatic N) is 5. The van der Waals surface area contributed by atoms with Gasteiger partial charge in [0.2, 0.25) is 0 Å². The fraction of sp³-hybridized carbons (Fsp3) is 0.400. The SMILES string of the molecule is C=CCn1c(CN)nnc1SCc1nnc(C)s1.Cl. The van der Waals surface area contributed by atoms with Gasteiger partial charge in [0.05, 0.1) is 12.3 Å². The van der Waals surface area contributed by atoms with Crippen molar-refractivity contribution in [2.75, 3.05) is 0 Å². The van der Waals surface area contributed by atoms with E-state index in [9.17, 15) is 0 Å². The van der Waals surface area contributed by atoms with Crippen LogP contribution in [-0.4, -0.2) is 25.0 Å². The first kappa shape index (κ1) is 16.1. The van der Waals surface area contributed by atoms with E-state index >= 15 is 0 Å². The van der Waals surface area contributed by atoms with Crippen LogP contribution in [0.4, 0.5) is 0 Å². The van der Waals surface area contributed by atoms with Gasteiger partial charge in [0, 0.05) is 6.54 Å². The summed E-state index contributed by atoms with van der Waals surface area (Å²) in [5.74, 6) is 1.51. The first-order valence-electron chi connectivity index (χ1n) is 5.39. The van der Waals surface area contributed by atoms with Gasteiger partial charge in [-0.25, -0.2) is 0 Å². The third-order valence-electron chi connectivity index (χ3n) is 2.18. The zero-order valence-electron chi connectivity index (χ0n) is 10.4. The highest BCUT2D eigenvalue weighted by Gasteiger charge is 2.11. The highest BCUT2D eigenvalue weighted by Crippen LogP contribution is 2.23. The largest absolute Gasteiger partial charge is 0.324 e. The van der Waals surface area contributed by atoms with Crippen LogP contribution in [0.5, 0.6) is 0 Å². The van der Waals surface area contributed by atoms with Gasteiger partial charge in [-0.1, -0.05) is 17.8 Å². The molecule has 6 nitrogen and oxygen atoms in total. The molecule has 2 aromatic heterocycles. The summed E-state index contributed by atoms with van der Waals surface area (Å²) in [4.78, 5) is 0. The maximum atomic E-state index is 5.62. The van der Waals surface area contributed by atoms with Crippen LogP contribution in [0.3, 0.4) is 0 Å². The Morgan fingerprint density at radius 1 is 1.37 bits per heavy atom. The van der Waals surface area contributed by atoms with Crippen molar-refractivity contribution in [2.24, 2.45) is 5.73 Å². The zero-order valence-corrected chi connectivity index (χ0v) is 12.9. The Morgan fingerprint density at radius 2 is 2.16 bits per heavy atom. The molecule has 19 heavy (non-hydrogen) atoms. The molecule has 0 spiro atoms. The number of aromatic nitrogens is 5. The number of nitrogens with two attached hydrogens (primary N) is 1. The molecule has 0 fully saturated rings. The molecule has 0 radical (unpaired) electrons. The minimum atomic E-state index is 0. The summed E-state index contributed by atoms with van der Waals surface area (Å²) in [5, 5.41) is 19.0. The molecule has 2 aromatic rings. The van der Waals surface area contributed by atoms with Crippen molar-refractivity contribution >= 4 is 35.5 Å². The molecule has 2 heterocycles. The molecule has 0 saturated heterocycles. The Kier molecular flexibility index (Phi) is 6.43. The molecular formula is C10H15ClN6S2. The molecular weight excluding hydrogens is 304 g/mol. The van der Waals surface area contributed by atoms with E-state index in [1.807, 2.05) is 17.6 Å². The first-order valence-corrected chi connectivity index (χ1v) is 7.19. The number of hydrogen-bond acceptors (Lipinski definition) is 7. The predicted molar refractivity (Wildman–Crippen MR) is 79.6 cm³/mol. The quantitative estimate of drug-likeness (QED) is 0.646. The van der Waals surface area contributed by atoms with Gasteiger partial charge in [-0.2, -0.15) is 0 Å². The molecule has 0 aliphatic rings.